The molecule has 0 amide bonds. The Hall–Kier alpha value is -2.84. The van der Waals surface area contributed by atoms with Crippen LogP contribution in [0.25, 0.3) is 11.1 Å². The molecule has 0 unspecified atom stereocenters. The molecule has 0 radical (unpaired) electrons. The monoisotopic (exact) mass is 425 g/mol. The smallest absolute Gasteiger partial charge is 0.119 e. The molecule has 0 atom stereocenters. The molecule has 1 aliphatic rings. The zero-order valence-corrected chi connectivity index (χ0v) is 19.3. The number of benzene rings is 3. The molecular formula is C30H35NO. The summed E-state index contributed by atoms with van der Waals surface area (Å²) in [5.74, 6) is 0.967. The maximum Gasteiger partial charge on any atom is 0.119 e. The summed E-state index contributed by atoms with van der Waals surface area (Å²) >= 11 is 0. The number of hydrogen-bond acceptors (Lipinski definition) is 2. The first-order chi connectivity index (χ1) is 15.8. The van der Waals surface area contributed by atoms with E-state index in [4.69, 9.17) is 4.74 Å². The van der Waals surface area contributed by atoms with Gasteiger partial charge < -0.3 is 4.74 Å². The molecule has 3 aromatic carbocycles. The van der Waals surface area contributed by atoms with Gasteiger partial charge in [0.05, 0.1) is 0 Å². The van der Waals surface area contributed by atoms with Crippen molar-refractivity contribution < 1.29 is 4.74 Å². The lowest BCUT2D eigenvalue weighted by Gasteiger charge is -2.26. The molecule has 0 aliphatic carbocycles. The molecule has 1 saturated heterocycles. The highest BCUT2D eigenvalue weighted by Gasteiger charge is 2.12. The third kappa shape index (κ3) is 6.11. The van der Waals surface area contributed by atoms with Crippen molar-refractivity contribution in [3.8, 4) is 5.75 Å². The minimum atomic E-state index is 0.766. The summed E-state index contributed by atoms with van der Waals surface area (Å²) in [5.41, 5.74) is 6.74. The number of piperidine rings is 1. The Morgan fingerprint density at radius 1 is 0.719 bits per heavy atom. The topological polar surface area (TPSA) is 12.5 Å². The normalized spacial score (nSPS) is 15.3. The van der Waals surface area contributed by atoms with Gasteiger partial charge in [0.2, 0.25) is 0 Å². The lowest BCUT2D eigenvalue weighted by atomic mass is 9.89. The van der Waals surface area contributed by atoms with E-state index in [1.807, 2.05) is 0 Å². The van der Waals surface area contributed by atoms with E-state index in [0.29, 0.717) is 0 Å². The van der Waals surface area contributed by atoms with Gasteiger partial charge in [-0.05, 0) is 78.7 Å². The molecule has 0 spiro atoms. The van der Waals surface area contributed by atoms with E-state index in [1.54, 1.807) is 0 Å². The van der Waals surface area contributed by atoms with E-state index < -0.39 is 0 Å². The summed E-state index contributed by atoms with van der Waals surface area (Å²) in [6.07, 6.45) is 5.95. The third-order valence-corrected chi connectivity index (χ3v) is 6.39. The van der Waals surface area contributed by atoms with Crippen LogP contribution >= 0.6 is 0 Å². The van der Waals surface area contributed by atoms with Gasteiger partial charge in [-0.3, -0.25) is 4.90 Å². The van der Waals surface area contributed by atoms with Gasteiger partial charge in [-0.1, -0.05) is 86.1 Å². The van der Waals surface area contributed by atoms with Gasteiger partial charge in [0, 0.05) is 6.54 Å². The van der Waals surface area contributed by atoms with Gasteiger partial charge in [-0.15, -0.1) is 0 Å². The zero-order valence-electron chi connectivity index (χ0n) is 19.3. The number of likely N-dealkylation sites (tertiary alicyclic amines) is 1. The lowest BCUT2D eigenvalue weighted by Crippen LogP contribution is -2.33. The van der Waals surface area contributed by atoms with Gasteiger partial charge in [0.15, 0.2) is 0 Å². The van der Waals surface area contributed by atoms with Crippen molar-refractivity contribution in [1.29, 1.82) is 0 Å². The minimum Gasteiger partial charge on any atom is -0.492 e. The molecule has 2 nitrogen and oxygen atoms in total. The highest BCUT2D eigenvalue weighted by molar-refractivity contribution is 5.91. The van der Waals surface area contributed by atoms with Crippen LogP contribution in [0, 0.1) is 0 Å². The first-order valence-electron chi connectivity index (χ1n) is 12.1. The van der Waals surface area contributed by atoms with Crippen LogP contribution in [0.3, 0.4) is 0 Å². The van der Waals surface area contributed by atoms with Gasteiger partial charge in [-0.2, -0.15) is 0 Å². The van der Waals surface area contributed by atoms with Crippen LogP contribution in [0.15, 0.2) is 84.9 Å². The Morgan fingerprint density at radius 2 is 1.31 bits per heavy atom. The molecular weight excluding hydrogens is 390 g/mol. The molecule has 3 aromatic rings. The summed E-state index contributed by atoms with van der Waals surface area (Å²) in [5, 5.41) is 0. The van der Waals surface area contributed by atoms with Crippen molar-refractivity contribution in [2.24, 2.45) is 0 Å². The summed E-state index contributed by atoms with van der Waals surface area (Å²) in [4.78, 5) is 2.52. The number of hydrogen-bond donors (Lipinski definition) is 0. The lowest BCUT2D eigenvalue weighted by molar-refractivity contribution is 0.183. The Morgan fingerprint density at radius 3 is 1.91 bits per heavy atom. The minimum absolute atomic E-state index is 0.766. The van der Waals surface area contributed by atoms with E-state index in [1.165, 1.54) is 60.2 Å². The second-order valence-corrected chi connectivity index (χ2v) is 8.61. The molecule has 4 rings (SSSR count). The highest BCUT2D eigenvalue weighted by atomic mass is 16.5. The Labute approximate surface area is 193 Å². The molecule has 32 heavy (non-hydrogen) atoms. The fourth-order valence-corrected chi connectivity index (χ4v) is 4.64. The summed E-state index contributed by atoms with van der Waals surface area (Å²) in [6, 6.07) is 30.3. The van der Waals surface area contributed by atoms with Crippen molar-refractivity contribution in [3.05, 3.63) is 102 Å². The number of allylic oxidation sites excluding steroid dienone is 2. The molecule has 166 valence electrons. The first-order valence-corrected chi connectivity index (χ1v) is 12.1. The van der Waals surface area contributed by atoms with E-state index in [0.717, 1.165) is 31.7 Å². The summed E-state index contributed by atoms with van der Waals surface area (Å²) in [7, 11) is 0. The number of rotatable bonds is 9. The molecule has 0 N–H and O–H groups in total. The largest absolute Gasteiger partial charge is 0.492 e. The predicted octanol–water partition coefficient (Wildman–Crippen LogP) is 7.11. The molecule has 0 bridgehead atoms. The Kier molecular flexibility index (Phi) is 8.17. The van der Waals surface area contributed by atoms with Crippen LogP contribution in [0.1, 0.15) is 49.3 Å². The van der Waals surface area contributed by atoms with Crippen molar-refractivity contribution in [3.63, 3.8) is 0 Å². The molecule has 1 aliphatic heterocycles. The van der Waals surface area contributed by atoms with Crippen molar-refractivity contribution in [2.75, 3.05) is 26.2 Å². The zero-order chi connectivity index (χ0) is 22.0. The van der Waals surface area contributed by atoms with Gasteiger partial charge in [0.25, 0.3) is 0 Å². The molecule has 1 heterocycles. The fraction of sp³-hybridized carbons (Fsp3) is 0.333. The van der Waals surface area contributed by atoms with Crippen molar-refractivity contribution >= 4 is 11.1 Å². The van der Waals surface area contributed by atoms with E-state index >= 15 is 0 Å². The van der Waals surface area contributed by atoms with Gasteiger partial charge in [-0.25, -0.2) is 0 Å². The Balaban J connectivity index is 1.48. The second-order valence-electron chi connectivity index (χ2n) is 8.61. The van der Waals surface area contributed by atoms with Crippen molar-refractivity contribution in [2.45, 2.75) is 39.0 Å². The summed E-state index contributed by atoms with van der Waals surface area (Å²) in [6.45, 7) is 6.49. The van der Waals surface area contributed by atoms with Crippen LogP contribution in [0.5, 0.6) is 5.75 Å². The number of ether oxygens (including phenoxy) is 1. The van der Waals surface area contributed by atoms with E-state index in [9.17, 15) is 0 Å². The van der Waals surface area contributed by atoms with Crippen molar-refractivity contribution in [1.82, 2.24) is 4.90 Å². The van der Waals surface area contributed by atoms with E-state index in [-0.39, 0.29) is 0 Å². The fourth-order valence-electron chi connectivity index (χ4n) is 4.64. The van der Waals surface area contributed by atoms with Crippen LogP contribution in [-0.4, -0.2) is 31.1 Å². The second kappa shape index (κ2) is 11.7. The van der Waals surface area contributed by atoms with Crippen LogP contribution in [0.2, 0.25) is 0 Å². The summed E-state index contributed by atoms with van der Waals surface area (Å²) < 4.78 is 6.04. The maximum atomic E-state index is 6.04. The SMILES string of the molecule is CC/C(=C(/Cc1ccc(OCCN2CCCCC2)cc1)c1ccccc1)c1ccccc1. The van der Waals surface area contributed by atoms with E-state index in [2.05, 4.69) is 96.8 Å². The predicted molar refractivity (Wildman–Crippen MR) is 136 cm³/mol. The maximum absolute atomic E-state index is 6.04. The average Bonchev–Trinajstić information content (AvgIpc) is 2.87. The molecule has 0 aromatic heterocycles. The quantitative estimate of drug-likeness (QED) is 0.339. The third-order valence-electron chi connectivity index (χ3n) is 6.39. The number of nitrogens with zero attached hydrogens (tertiary/aromatic N) is 1. The van der Waals surface area contributed by atoms with Gasteiger partial charge >= 0.3 is 0 Å². The van der Waals surface area contributed by atoms with Crippen LogP contribution < -0.4 is 4.74 Å². The average molecular weight is 426 g/mol. The first kappa shape index (κ1) is 22.4. The Bertz CT molecular complexity index is 970. The highest BCUT2D eigenvalue weighted by Crippen LogP contribution is 2.32. The molecule has 0 saturated carbocycles. The van der Waals surface area contributed by atoms with Gasteiger partial charge in [0.1, 0.15) is 12.4 Å². The van der Waals surface area contributed by atoms with Crippen LogP contribution in [-0.2, 0) is 6.42 Å². The standard InChI is InChI=1S/C30H35NO/c1-2-29(26-12-6-3-7-13-26)30(27-14-8-4-9-15-27)24-25-16-18-28(19-17-25)32-23-22-31-20-10-5-11-21-31/h3-4,6-9,12-19H,2,5,10-11,20-24H2,1H3/b30-29+. The molecule has 2 heteroatoms. The molecule has 1 fully saturated rings. The van der Waals surface area contributed by atoms with Crippen LogP contribution in [0.4, 0.5) is 0 Å².